The fourth-order valence-electron chi connectivity index (χ4n) is 3.85. The number of urea groups is 1. The lowest BCUT2D eigenvalue weighted by Crippen LogP contribution is -2.43. The Morgan fingerprint density at radius 2 is 2.07 bits per heavy atom. The van der Waals surface area contributed by atoms with Gasteiger partial charge in [-0.15, -0.1) is 0 Å². The van der Waals surface area contributed by atoms with Gasteiger partial charge in [0.15, 0.2) is 0 Å². The molecule has 3 heterocycles. The molecule has 2 saturated heterocycles. The molecule has 0 radical (unpaired) electrons. The molecule has 0 aliphatic carbocycles. The first-order chi connectivity index (χ1) is 14.1. The van der Waals surface area contributed by atoms with E-state index in [2.05, 4.69) is 15.6 Å². The van der Waals surface area contributed by atoms with Gasteiger partial charge in [-0.2, -0.15) is 0 Å². The first-order valence-electron chi connectivity index (χ1n) is 10.1. The monoisotopic (exact) mass is 394 g/mol. The normalized spacial score (nSPS) is 19.7. The molecule has 0 spiro atoms. The number of pyridine rings is 1. The molecule has 1 aromatic heterocycles. The van der Waals surface area contributed by atoms with Gasteiger partial charge in [0, 0.05) is 56.0 Å². The number of anilines is 1. The zero-order chi connectivity index (χ0) is 20.2. The zero-order valence-electron chi connectivity index (χ0n) is 16.6. The summed E-state index contributed by atoms with van der Waals surface area (Å²) in [6, 6.07) is 9.52. The Kier molecular flexibility index (Phi) is 5.64. The van der Waals surface area contributed by atoms with E-state index in [9.17, 15) is 9.59 Å². The van der Waals surface area contributed by atoms with Crippen molar-refractivity contribution in [3.8, 4) is 5.75 Å². The Balaban J connectivity index is 1.30. The molecule has 0 saturated carbocycles. The van der Waals surface area contributed by atoms with E-state index in [4.69, 9.17) is 4.74 Å². The number of ether oxygens (including phenoxy) is 1. The van der Waals surface area contributed by atoms with Gasteiger partial charge in [-0.05, 0) is 37.1 Å². The molecule has 152 valence electrons. The minimum Gasteiger partial charge on any atom is -0.490 e. The van der Waals surface area contributed by atoms with Crippen molar-refractivity contribution in [3.05, 3.63) is 53.9 Å². The molecular weight excluding hydrogens is 368 g/mol. The highest BCUT2D eigenvalue weighted by molar-refractivity contribution is 5.89. The number of likely N-dealkylation sites (tertiary alicyclic amines) is 1. The van der Waals surface area contributed by atoms with Gasteiger partial charge in [-0.1, -0.05) is 12.1 Å². The smallest absolute Gasteiger partial charge is 0.321 e. The van der Waals surface area contributed by atoms with Crippen molar-refractivity contribution in [2.45, 2.75) is 44.8 Å². The van der Waals surface area contributed by atoms with Gasteiger partial charge < -0.3 is 20.3 Å². The Labute approximate surface area is 170 Å². The summed E-state index contributed by atoms with van der Waals surface area (Å²) < 4.78 is 6.08. The first-order valence-corrected chi connectivity index (χ1v) is 10.1. The van der Waals surface area contributed by atoms with E-state index >= 15 is 0 Å². The lowest BCUT2D eigenvalue weighted by Gasteiger charge is -2.32. The van der Waals surface area contributed by atoms with Gasteiger partial charge in [0.25, 0.3) is 0 Å². The van der Waals surface area contributed by atoms with E-state index in [0.29, 0.717) is 19.5 Å². The second-order valence-corrected chi connectivity index (χ2v) is 7.66. The molecule has 2 N–H and O–H groups in total. The minimum absolute atomic E-state index is 0.0314. The van der Waals surface area contributed by atoms with Crippen LogP contribution in [0.25, 0.3) is 0 Å². The molecule has 2 aliphatic rings. The predicted molar refractivity (Wildman–Crippen MR) is 110 cm³/mol. The molecule has 1 aromatic carbocycles. The van der Waals surface area contributed by atoms with Crippen LogP contribution in [0.3, 0.4) is 0 Å². The third kappa shape index (κ3) is 4.67. The van der Waals surface area contributed by atoms with Crippen LogP contribution in [0.4, 0.5) is 10.5 Å². The van der Waals surface area contributed by atoms with Crippen LogP contribution in [0, 0.1) is 6.92 Å². The Morgan fingerprint density at radius 3 is 2.79 bits per heavy atom. The standard InChI is InChI=1S/C22H26N4O3/c1-15-14-23-10-7-20(15)29-18-8-11-26(12-9-18)22(28)24-17-4-2-3-16(13-17)19-5-6-21(27)25-19/h2-4,7,10,13-14,18-19H,5-6,8-9,11-12H2,1H3,(H,24,28)(H,25,27). The molecule has 7 heteroatoms. The van der Waals surface area contributed by atoms with E-state index in [1.54, 1.807) is 12.4 Å². The minimum atomic E-state index is -0.101. The van der Waals surface area contributed by atoms with Crippen LogP contribution in [0.15, 0.2) is 42.7 Å². The van der Waals surface area contributed by atoms with Crippen molar-refractivity contribution in [2.75, 3.05) is 18.4 Å². The van der Waals surface area contributed by atoms with Crippen LogP contribution in [0.2, 0.25) is 0 Å². The van der Waals surface area contributed by atoms with Crippen LogP contribution in [0.5, 0.6) is 5.75 Å². The maximum Gasteiger partial charge on any atom is 0.321 e. The number of aromatic nitrogens is 1. The summed E-state index contributed by atoms with van der Waals surface area (Å²) in [5, 5.41) is 5.95. The second kappa shape index (κ2) is 8.51. The summed E-state index contributed by atoms with van der Waals surface area (Å²) in [6.07, 6.45) is 6.57. The van der Waals surface area contributed by atoms with Gasteiger partial charge in [-0.25, -0.2) is 4.79 Å². The summed E-state index contributed by atoms with van der Waals surface area (Å²) in [5.74, 6) is 0.940. The third-order valence-electron chi connectivity index (χ3n) is 5.53. The van der Waals surface area contributed by atoms with Crippen molar-refractivity contribution < 1.29 is 14.3 Å². The fraction of sp³-hybridized carbons (Fsp3) is 0.409. The van der Waals surface area contributed by atoms with Crippen LogP contribution in [-0.2, 0) is 4.79 Å². The van der Waals surface area contributed by atoms with Crippen molar-refractivity contribution in [1.82, 2.24) is 15.2 Å². The number of piperidine rings is 1. The summed E-state index contributed by atoms with van der Waals surface area (Å²) in [7, 11) is 0. The van der Waals surface area contributed by atoms with Gasteiger partial charge in [0.1, 0.15) is 11.9 Å². The summed E-state index contributed by atoms with van der Waals surface area (Å²) in [6.45, 7) is 3.29. The molecule has 2 aliphatic heterocycles. The predicted octanol–water partition coefficient (Wildman–Crippen LogP) is 3.42. The SMILES string of the molecule is Cc1cnccc1OC1CCN(C(=O)Nc2cccc(C3CCC(=O)N3)c2)CC1. The number of hydrogen-bond donors (Lipinski definition) is 2. The maximum atomic E-state index is 12.7. The summed E-state index contributed by atoms with van der Waals surface area (Å²) in [5.41, 5.74) is 2.79. The van der Waals surface area contributed by atoms with E-state index in [1.165, 1.54) is 0 Å². The van der Waals surface area contributed by atoms with Crippen LogP contribution >= 0.6 is 0 Å². The number of carbonyl (C=O) groups is 2. The lowest BCUT2D eigenvalue weighted by atomic mass is 10.0. The average Bonchev–Trinajstić information content (AvgIpc) is 3.17. The molecule has 2 fully saturated rings. The first kappa shape index (κ1) is 19.2. The number of aryl methyl sites for hydroxylation is 1. The molecule has 3 amide bonds. The summed E-state index contributed by atoms with van der Waals surface area (Å²) in [4.78, 5) is 30.0. The lowest BCUT2D eigenvalue weighted by molar-refractivity contribution is -0.119. The quantitative estimate of drug-likeness (QED) is 0.832. The largest absolute Gasteiger partial charge is 0.490 e. The Bertz CT molecular complexity index is 893. The van der Waals surface area contributed by atoms with Crippen LogP contribution < -0.4 is 15.4 Å². The van der Waals surface area contributed by atoms with Crippen molar-refractivity contribution in [2.24, 2.45) is 0 Å². The number of amides is 3. The average molecular weight is 394 g/mol. The number of carbonyl (C=O) groups excluding carboxylic acids is 2. The van der Waals surface area contributed by atoms with Crippen molar-refractivity contribution >= 4 is 17.6 Å². The van der Waals surface area contributed by atoms with Crippen LogP contribution in [-0.4, -0.2) is 41.0 Å². The van der Waals surface area contributed by atoms with Crippen LogP contribution in [0.1, 0.15) is 42.9 Å². The Morgan fingerprint density at radius 1 is 1.24 bits per heavy atom. The van der Waals surface area contributed by atoms with Crippen molar-refractivity contribution in [1.29, 1.82) is 0 Å². The highest BCUT2D eigenvalue weighted by Crippen LogP contribution is 2.26. The number of nitrogens with one attached hydrogen (secondary N) is 2. The van der Waals surface area contributed by atoms with E-state index < -0.39 is 0 Å². The van der Waals surface area contributed by atoms with Gasteiger partial charge in [-0.3, -0.25) is 9.78 Å². The van der Waals surface area contributed by atoms with E-state index in [0.717, 1.165) is 41.8 Å². The van der Waals surface area contributed by atoms with Gasteiger partial charge >= 0.3 is 6.03 Å². The number of nitrogens with zero attached hydrogens (tertiary/aromatic N) is 2. The topological polar surface area (TPSA) is 83.6 Å². The molecule has 29 heavy (non-hydrogen) atoms. The summed E-state index contributed by atoms with van der Waals surface area (Å²) >= 11 is 0. The molecule has 1 atom stereocenters. The van der Waals surface area contributed by atoms with E-state index in [1.807, 2.05) is 42.2 Å². The molecule has 1 unspecified atom stereocenters. The zero-order valence-corrected chi connectivity index (χ0v) is 16.6. The van der Waals surface area contributed by atoms with Gasteiger partial charge in [0.2, 0.25) is 5.91 Å². The fourth-order valence-corrected chi connectivity index (χ4v) is 3.85. The number of hydrogen-bond acceptors (Lipinski definition) is 4. The highest BCUT2D eigenvalue weighted by Gasteiger charge is 2.25. The molecule has 2 aromatic rings. The Hall–Kier alpha value is -3.09. The van der Waals surface area contributed by atoms with E-state index in [-0.39, 0.29) is 24.1 Å². The molecule has 7 nitrogen and oxygen atoms in total. The number of rotatable bonds is 4. The third-order valence-corrected chi connectivity index (χ3v) is 5.53. The highest BCUT2D eigenvalue weighted by atomic mass is 16.5. The second-order valence-electron chi connectivity index (χ2n) is 7.66. The van der Waals surface area contributed by atoms with Crippen molar-refractivity contribution in [3.63, 3.8) is 0 Å². The molecule has 0 bridgehead atoms. The number of benzene rings is 1. The van der Waals surface area contributed by atoms with Gasteiger partial charge in [0.05, 0.1) is 6.04 Å². The molecule has 4 rings (SSSR count). The molecular formula is C22H26N4O3. The maximum absolute atomic E-state index is 12.7.